The zero-order valence-corrected chi connectivity index (χ0v) is 19.4. The van der Waals surface area contributed by atoms with Crippen molar-refractivity contribution < 1.29 is 19.4 Å². The van der Waals surface area contributed by atoms with Crippen LogP contribution in [-0.4, -0.2) is 48.8 Å². The summed E-state index contributed by atoms with van der Waals surface area (Å²) in [6.45, 7) is 5.05. The molecule has 7 nitrogen and oxygen atoms in total. The van der Waals surface area contributed by atoms with Crippen LogP contribution in [0.25, 0.3) is 0 Å². The third kappa shape index (κ3) is 6.41. The van der Waals surface area contributed by atoms with E-state index < -0.39 is 5.54 Å². The number of nitrogens with one attached hydrogen (secondary N) is 2. The highest BCUT2D eigenvalue weighted by Crippen LogP contribution is 2.27. The number of benzene rings is 2. The van der Waals surface area contributed by atoms with E-state index in [1.165, 1.54) is 5.56 Å². The van der Waals surface area contributed by atoms with Gasteiger partial charge in [-0.05, 0) is 48.4 Å². The summed E-state index contributed by atoms with van der Waals surface area (Å²) in [7, 11) is 0. The average Bonchev–Trinajstić information content (AvgIpc) is 3.24. The maximum atomic E-state index is 12.9. The number of carbonyl (C=O) groups is 1. The van der Waals surface area contributed by atoms with Crippen molar-refractivity contribution in [1.29, 1.82) is 0 Å². The zero-order chi connectivity index (χ0) is 22.8. The molecule has 0 unspecified atom stereocenters. The van der Waals surface area contributed by atoms with Gasteiger partial charge in [0.05, 0.1) is 6.61 Å². The molecule has 1 atom stereocenters. The number of aliphatic hydroxyl groups excluding tert-OH is 1. The van der Waals surface area contributed by atoms with E-state index in [2.05, 4.69) is 38.4 Å². The summed E-state index contributed by atoms with van der Waals surface area (Å²) in [6, 6.07) is 15.4. The highest BCUT2D eigenvalue weighted by atomic mass is 79.9. The van der Waals surface area contributed by atoms with Crippen LogP contribution in [0, 0.1) is 0 Å². The van der Waals surface area contributed by atoms with E-state index in [4.69, 9.17) is 14.6 Å². The van der Waals surface area contributed by atoms with Crippen LogP contribution in [0.4, 0.5) is 0 Å². The van der Waals surface area contributed by atoms with Gasteiger partial charge in [0.25, 0.3) is 5.91 Å². The fourth-order valence-electron chi connectivity index (χ4n) is 3.21. The predicted molar refractivity (Wildman–Crippen MR) is 128 cm³/mol. The van der Waals surface area contributed by atoms with E-state index in [-0.39, 0.29) is 19.1 Å². The summed E-state index contributed by atoms with van der Waals surface area (Å²) < 4.78 is 12.4. The molecular weight excluding hydrogens is 474 g/mol. The largest absolute Gasteiger partial charge is 0.494 e. The van der Waals surface area contributed by atoms with Crippen molar-refractivity contribution >= 4 is 27.7 Å². The molecule has 170 valence electrons. The van der Waals surface area contributed by atoms with E-state index >= 15 is 0 Å². The first-order valence-electron chi connectivity index (χ1n) is 10.5. The molecule has 1 amide bonds. The molecule has 1 aliphatic heterocycles. The molecule has 2 aromatic carbocycles. The molecule has 1 heterocycles. The summed E-state index contributed by atoms with van der Waals surface area (Å²) in [4.78, 5) is 17.6. The maximum absolute atomic E-state index is 12.9. The molecule has 0 aromatic heterocycles. The van der Waals surface area contributed by atoms with Gasteiger partial charge in [-0.25, -0.2) is 10.4 Å². The van der Waals surface area contributed by atoms with Crippen molar-refractivity contribution in [2.45, 2.75) is 24.8 Å². The lowest BCUT2D eigenvalue weighted by Crippen LogP contribution is -2.51. The molecule has 2 aromatic rings. The second-order valence-electron chi connectivity index (χ2n) is 7.44. The third-order valence-electron chi connectivity index (χ3n) is 4.99. The first-order chi connectivity index (χ1) is 15.6. The first kappa shape index (κ1) is 24.0. The van der Waals surface area contributed by atoms with Gasteiger partial charge in [-0.1, -0.05) is 34.1 Å². The average molecular weight is 502 g/mol. The van der Waals surface area contributed by atoms with Crippen LogP contribution in [0.2, 0.25) is 0 Å². The Morgan fingerprint density at radius 3 is 2.69 bits per heavy atom. The topological polar surface area (TPSA) is 92.2 Å². The van der Waals surface area contributed by atoms with Gasteiger partial charge in [0.15, 0.2) is 5.54 Å². The lowest BCUT2D eigenvalue weighted by Gasteiger charge is -2.21. The van der Waals surface area contributed by atoms with Gasteiger partial charge in [0, 0.05) is 36.0 Å². The van der Waals surface area contributed by atoms with Gasteiger partial charge >= 0.3 is 0 Å². The Kier molecular flexibility index (Phi) is 8.84. The zero-order valence-electron chi connectivity index (χ0n) is 17.9. The van der Waals surface area contributed by atoms with Crippen LogP contribution in [0.5, 0.6) is 5.75 Å². The predicted octanol–water partition coefficient (Wildman–Crippen LogP) is 3.17. The molecule has 0 radical (unpaired) electrons. The number of carbonyl (C=O) groups excluding carboxylic acids is 1. The fraction of sp³-hybridized carbons (Fsp3) is 0.333. The van der Waals surface area contributed by atoms with Gasteiger partial charge in [-0.2, -0.15) is 0 Å². The fourth-order valence-corrected chi connectivity index (χ4v) is 3.48. The summed E-state index contributed by atoms with van der Waals surface area (Å²) in [5, 5.41) is 8.84. The normalized spacial score (nSPS) is 17.4. The first-order valence-corrected chi connectivity index (χ1v) is 11.3. The quantitative estimate of drug-likeness (QED) is 0.236. The van der Waals surface area contributed by atoms with Crippen LogP contribution in [0.15, 0.2) is 70.7 Å². The van der Waals surface area contributed by atoms with E-state index in [0.29, 0.717) is 37.6 Å². The van der Waals surface area contributed by atoms with E-state index in [1.807, 2.05) is 48.5 Å². The van der Waals surface area contributed by atoms with Gasteiger partial charge in [0.1, 0.15) is 12.4 Å². The van der Waals surface area contributed by atoms with E-state index in [1.54, 1.807) is 6.08 Å². The summed E-state index contributed by atoms with van der Waals surface area (Å²) in [5.41, 5.74) is 6.64. The van der Waals surface area contributed by atoms with Crippen molar-refractivity contribution in [2.24, 2.45) is 4.99 Å². The Labute approximate surface area is 196 Å². The molecule has 3 rings (SSSR count). The maximum Gasteiger partial charge on any atom is 0.266 e. The molecule has 32 heavy (non-hydrogen) atoms. The minimum atomic E-state index is -1.06. The summed E-state index contributed by atoms with van der Waals surface area (Å²) >= 11 is 3.42. The number of halogens is 1. The van der Waals surface area contributed by atoms with Crippen LogP contribution >= 0.6 is 15.9 Å². The molecule has 0 spiro atoms. The summed E-state index contributed by atoms with van der Waals surface area (Å²) in [6.07, 6.45) is 3.39. The number of aliphatic hydroxyl groups is 1. The highest BCUT2D eigenvalue weighted by molar-refractivity contribution is 9.10. The van der Waals surface area contributed by atoms with E-state index in [9.17, 15) is 4.79 Å². The number of amides is 1. The number of hydrogen-bond donors (Lipinski definition) is 3. The Balaban J connectivity index is 1.58. The Morgan fingerprint density at radius 2 is 2.00 bits per heavy atom. The minimum Gasteiger partial charge on any atom is -0.494 e. The lowest BCUT2D eigenvalue weighted by molar-refractivity contribution is -0.127. The van der Waals surface area contributed by atoms with Crippen LogP contribution < -0.4 is 15.6 Å². The Bertz CT molecular complexity index is 931. The van der Waals surface area contributed by atoms with E-state index in [0.717, 1.165) is 16.5 Å². The molecule has 0 saturated heterocycles. The van der Waals surface area contributed by atoms with Crippen molar-refractivity contribution in [1.82, 2.24) is 10.9 Å². The Morgan fingerprint density at radius 1 is 1.25 bits per heavy atom. The monoisotopic (exact) mass is 501 g/mol. The molecular formula is C24H28BrN3O4. The number of aliphatic imine (C=N–C) groups is 1. The van der Waals surface area contributed by atoms with Crippen LogP contribution in [-0.2, 0) is 16.0 Å². The molecule has 0 aliphatic carbocycles. The van der Waals surface area contributed by atoms with Gasteiger partial charge < -0.3 is 14.6 Å². The Hall–Kier alpha value is -2.68. The number of hydrazine groups is 1. The van der Waals surface area contributed by atoms with Crippen LogP contribution in [0.1, 0.15) is 24.0 Å². The highest BCUT2D eigenvalue weighted by Gasteiger charge is 2.43. The number of nitrogens with zero attached hydrogens (tertiary/aromatic N) is 1. The smallest absolute Gasteiger partial charge is 0.266 e. The van der Waals surface area contributed by atoms with Crippen molar-refractivity contribution in [2.75, 3.05) is 26.4 Å². The van der Waals surface area contributed by atoms with Crippen molar-refractivity contribution in [3.8, 4) is 5.75 Å². The molecule has 0 fully saturated rings. The second-order valence-corrected chi connectivity index (χ2v) is 8.35. The van der Waals surface area contributed by atoms with Crippen molar-refractivity contribution in [3.63, 3.8) is 0 Å². The molecule has 0 bridgehead atoms. The molecule has 1 aliphatic rings. The van der Waals surface area contributed by atoms with Crippen LogP contribution in [0.3, 0.4) is 0 Å². The van der Waals surface area contributed by atoms with Gasteiger partial charge in [0.2, 0.25) is 5.90 Å². The van der Waals surface area contributed by atoms with Gasteiger partial charge in [-0.3, -0.25) is 10.2 Å². The SMILES string of the molecule is C=CC[C@@]1(C(=O)NNCCc2ccc(Br)cc2)COC(c2ccc(OCCCO)cc2)=N1. The van der Waals surface area contributed by atoms with Crippen molar-refractivity contribution in [3.05, 3.63) is 76.8 Å². The summed E-state index contributed by atoms with van der Waals surface area (Å²) in [5.74, 6) is 0.858. The van der Waals surface area contributed by atoms with Gasteiger partial charge in [-0.15, -0.1) is 6.58 Å². The lowest BCUT2D eigenvalue weighted by atomic mass is 9.97. The standard InChI is InChI=1S/C24H28BrN3O4/c1-2-13-24(23(30)28-26-14-12-18-4-8-20(25)9-5-18)17-32-22(27-24)19-6-10-21(11-7-19)31-16-3-15-29/h2,4-11,26,29H,1,3,12-17H2,(H,28,30)/t24-/m0/s1. The minimum absolute atomic E-state index is 0.0925. The molecule has 3 N–H and O–H groups in total. The second kappa shape index (κ2) is 11.8. The molecule has 8 heteroatoms. The number of rotatable bonds is 12. The molecule has 0 saturated carbocycles. The number of hydrogen-bond acceptors (Lipinski definition) is 6. The number of ether oxygens (including phenoxy) is 2. The third-order valence-corrected chi connectivity index (χ3v) is 5.52.